The summed E-state index contributed by atoms with van der Waals surface area (Å²) in [4.78, 5) is 0. The van der Waals surface area contributed by atoms with Gasteiger partial charge in [-0.1, -0.05) is 49.7 Å². The van der Waals surface area contributed by atoms with Crippen molar-refractivity contribution in [3.8, 4) is 0 Å². The van der Waals surface area contributed by atoms with Gasteiger partial charge in [0.15, 0.2) is 0 Å². The first-order valence-electron chi connectivity index (χ1n) is 7.95. The van der Waals surface area contributed by atoms with E-state index < -0.39 is 0 Å². The van der Waals surface area contributed by atoms with E-state index in [1.165, 1.54) is 33.0 Å². The van der Waals surface area contributed by atoms with E-state index in [1.807, 2.05) is 11.3 Å². The molecule has 0 atom stereocenters. The molecule has 2 heteroatoms. The summed E-state index contributed by atoms with van der Waals surface area (Å²) in [6, 6.07) is 11.6. The van der Waals surface area contributed by atoms with Gasteiger partial charge in [0, 0.05) is 24.6 Å². The van der Waals surface area contributed by atoms with Crippen LogP contribution in [0.2, 0.25) is 0 Å². The highest BCUT2D eigenvalue weighted by Crippen LogP contribution is 2.49. The molecule has 0 nitrogen and oxygen atoms in total. The first-order valence-corrected chi connectivity index (χ1v) is 9.56. The SMILES string of the molecule is CC1(C)CCC(C)(C)c2cc3c(cc21)sc1cc(Br)ccc13. The number of fused-ring (bicyclic) bond motifs is 4. The Morgan fingerprint density at radius 1 is 0.818 bits per heavy atom. The van der Waals surface area contributed by atoms with Crippen LogP contribution in [0.4, 0.5) is 0 Å². The third-order valence-corrected chi connectivity index (χ3v) is 7.02. The van der Waals surface area contributed by atoms with E-state index in [1.54, 1.807) is 11.1 Å². The minimum atomic E-state index is 0.280. The summed E-state index contributed by atoms with van der Waals surface area (Å²) in [5, 5.41) is 2.82. The number of benzene rings is 2. The molecule has 0 fully saturated rings. The van der Waals surface area contributed by atoms with Gasteiger partial charge in [-0.25, -0.2) is 0 Å². The van der Waals surface area contributed by atoms with E-state index in [9.17, 15) is 0 Å². The zero-order chi connectivity index (χ0) is 15.7. The first-order chi connectivity index (χ1) is 10.3. The van der Waals surface area contributed by atoms with Crippen LogP contribution in [0.3, 0.4) is 0 Å². The zero-order valence-corrected chi connectivity index (χ0v) is 16.0. The standard InChI is InChI=1S/C20H21BrS/c1-19(2)7-8-20(3,4)16-11-18-14(10-15(16)19)13-6-5-12(21)9-17(13)22-18/h5-6,9-11H,7-8H2,1-4H3. The summed E-state index contributed by atoms with van der Waals surface area (Å²) in [6.07, 6.45) is 2.54. The normalized spacial score (nSPS) is 19.5. The number of halogens is 1. The third-order valence-electron chi connectivity index (χ3n) is 5.41. The second-order valence-corrected chi connectivity index (χ2v) is 9.90. The molecule has 1 aliphatic carbocycles. The predicted octanol–water partition coefficient (Wildman–Crippen LogP) is 7.17. The molecule has 1 aliphatic rings. The fraction of sp³-hybridized carbons (Fsp3) is 0.400. The molecule has 1 aromatic heterocycles. The molecule has 0 radical (unpaired) electrons. The van der Waals surface area contributed by atoms with Crippen LogP contribution in [-0.4, -0.2) is 0 Å². The fourth-order valence-electron chi connectivity index (χ4n) is 3.81. The van der Waals surface area contributed by atoms with Gasteiger partial charge in [-0.2, -0.15) is 0 Å². The predicted molar refractivity (Wildman–Crippen MR) is 102 cm³/mol. The minimum Gasteiger partial charge on any atom is -0.135 e. The molecule has 0 N–H and O–H groups in total. The van der Waals surface area contributed by atoms with Crippen LogP contribution in [0, 0.1) is 0 Å². The van der Waals surface area contributed by atoms with E-state index in [-0.39, 0.29) is 10.8 Å². The van der Waals surface area contributed by atoms with Crippen LogP contribution in [0.25, 0.3) is 20.2 Å². The van der Waals surface area contributed by atoms with Crippen molar-refractivity contribution in [2.45, 2.75) is 51.4 Å². The van der Waals surface area contributed by atoms with Crippen molar-refractivity contribution >= 4 is 47.4 Å². The fourth-order valence-corrected chi connectivity index (χ4v) is 5.49. The van der Waals surface area contributed by atoms with Gasteiger partial charge >= 0.3 is 0 Å². The monoisotopic (exact) mass is 372 g/mol. The Labute approximate surface area is 144 Å². The molecule has 3 aromatic rings. The zero-order valence-electron chi connectivity index (χ0n) is 13.6. The molecule has 0 bridgehead atoms. The first kappa shape index (κ1) is 14.7. The van der Waals surface area contributed by atoms with Crippen LogP contribution in [-0.2, 0) is 10.8 Å². The van der Waals surface area contributed by atoms with E-state index >= 15 is 0 Å². The lowest BCUT2D eigenvalue weighted by Crippen LogP contribution is -2.33. The maximum Gasteiger partial charge on any atom is 0.0366 e. The molecule has 2 aromatic carbocycles. The molecule has 1 heterocycles. The summed E-state index contributed by atoms with van der Waals surface area (Å²) < 4.78 is 3.97. The average Bonchev–Trinajstić information content (AvgIpc) is 2.79. The van der Waals surface area contributed by atoms with Crippen molar-refractivity contribution < 1.29 is 0 Å². The van der Waals surface area contributed by atoms with Gasteiger partial charge < -0.3 is 0 Å². The highest BCUT2D eigenvalue weighted by Gasteiger charge is 2.37. The molecule has 0 aliphatic heterocycles. The molecule has 0 saturated carbocycles. The van der Waals surface area contributed by atoms with E-state index in [4.69, 9.17) is 0 Å². The Bertz CT molecular complexity index is 899. The van der Waals surface area contributed by atoms with Gasteiger partial charge in [-0.05, 0) is 59.1 Å². The van der Waals surface area contributed by atoms with Crippen molar-refractivity contribution in [2.75, 3.05) is 0 Å². The van der Waals surface area contributed by atoms with Crippen LogP contribution in [0.1, 0.15) is 51.7 Å². The molecule has 0 amide bonds. The molecule has 0 saturated heterocycles. The number of hydrogen-bond acceptors (Lipinski definition) is 1. The molecule has 4 rings (SSSR count). The minimum absolute atomic E-state index is 0.280. The molecular weight excluding hydrogens is 352 g/mol. The summed E-state index contributed by atoms with van der Waals surface area (Å²) in [6.45, 7) is 9.60. The van der Waals surface area contributed by atoms with Crippen molar-refractivity contribution in [1.82, 2.24) is 0 Å². The lowest BCUT2D eigenvalue weighted by Gasteiger charge is -2.41. The van der Waals surface area contributed by atoms with Crippen molar-refractivity contribution in [2.24, 2.45) is 0 Å². The van der Waals surface area contributed by atoms with Crippen molar-refractivity contribution in [3.05, 3.63) is 45.9 Å². The van der Waals surface area contributed by atoms with E-state index in [0.29, 0.717) is 0 Å². The summed E-state index contributed by atoms with van der Waals surface area (Å²) in [7, 11) is 0. The van der Waals surface area contributed by atoms with Crippen LogP contribution in [0.15, 0.2) is 34.8 Å². The van der Waals surface area contributed by atoms with Crippen LogP contribution >= 0.6 is 27.3 Å². The second-order valence-electron chi connectivity index (χ2n) is 7.90. The molecule has 0 unspecified atom stereocenters. The summed E-state index contributed by atoms with van der Waals surface area (Å²) in [5.74, 6) is 0. The third kappa shape index (κ3) is 2.07. The average molecular weight is 373 g/mol. The van der Waals surface area contributed by atoms with Crippen LogP contribution < -0.4 is 0 Å². The number of hydrogen-bond donors (Lipinski definition) is 0. The highest BCUT2D eigenvalue weighted by molar-refractivity contribution is 9.10. The van der Waals surface area contributed by atoms with Gasteiger partial charge in [0.25, 0.3) is 0 Å². The largest absolute Gasteiger partial charge is 0.135 e. The highest BCUT2D eigenvalue weighted by atomic mass is 79.9. The summed E-state index contributed by atoms with van der Waals surface area (Å²) in [5.41, 5.74) is 3.68. The smallest absolute Gasteiger partial charge is 0.0366 e. The van der Waals surface area contributed by atoms with Crippen molar-refractivity contribution in [3.63, 3.8) is 0 Å². The molecule has 0 spiro atoms. The van der Waals surface area contributed by atoms with Crippen LogP contribution in [0.5, 0.6) is 0 Å². The Morgan fingerprint density at radius 2 is 1.41 bits per heavy atom. The Kier molecular flexibility index (Phi) is 3.06. The topological polar surface area (TPSA) is 0 Å². The van der Waals surface area contributed by atoms with E-state index in [2.05, 4.69) is 74.0 Å². The Balaban J connectivity index is 2.11. The quantitative estimate of drug-likeness (QED) is 0.392. The Hall–Kier alpha value is -0.860. The van der Waals surface area contributed by atoms with Crippen molar-refractivity contribution in [1.29, 1.82) is 0 Å². The maximum atomic E-state index is 3.60. The van der Waals surface area contributed by atoms with Gasteiger partial charge in [0.05, 0.1) is 0 Å². The van der Waals surface area contributed by atoms with Gasteiger partial charge in [0.1, 0.15) is 0 Å². The molecule has 22 heavy (non-hydrogen) atoms. The summed E-state index contributed by atoms with van der Waals surface area (Å²) >= 11 is 5.52. The van der Waals surface area contributed by atoms with E-state index in [0.717, 1.165) is 4.47 Å². The molecule has 114 valence electrons. The number of rotatable bonds is 0. The molecular formula is C20H21BrS. The van der Waals surface area contributed by atoms with Gasteiger partial charge in [-0.15, -0.1) is 11.3 Å². The van der Waals surface area contributed by atoms with Gasteiger partial charge in [-0.3, -0.25) is 0 Å². The second kappa shape index (κ2) is 4.58. The lowest BCUT2D eigenvalue weighted by atomic mass is 9.63. The number of thiophene rings is 1. The Morgan fingerprint density at radius 3 is 2.09 bits per heavy atom. The van der Waals surface area contributed by atoms with Gasteiger partial charge in [0.2, 0.25) is 0 Å². The lowest BCUT2D eigenvalue weighted by molar-refractivity contribution is 0.332. The maximum absolute atomic E-state index is 3.60.